The monoisotopic (exact) mass is 646 g/mol. The van der Waals surface area contributed by atoms with Crippen molar-refractivity contribution in [2.75, 3.05) is 30.0 Å². The van der Waals surface area contributed by atoms with Crippen LogP contribution in [0.4, 0.5) is 25.0 Å². The molecule has 2 saturated heterocycles. The van der Waals surface area contributed by atoms with E-state index in [1.165, 1.54) is 16.4 Å². The minimum absolute atomic E-state index is 0.102. The Kier molecular flexibility index (Phi) is 7.63. The van der Waals surface area contributed by atoms with Crippen LogP contribution in [0.15, 0.2) is 22.3 Å². The number of carbonyl (C=O) groups is 4. The maximum absolute atomic E-state index is 16.2. The molecule has 3 fully saturated rings. The number of aliphatic hydroxyl groups is 1. The first-order valence-corrected chi connectivity index (χ1v) is 14.7. The number of nitrogens with two attached hydrogens (primary N) is 1. The maximum atomic E-state index is 16.2. The molecule has 1 aliphatic carbocycles. The normalized spacial score (nSPS) is 24.6. The fourth-order valence-electron chi connectivity index (χ4n) is 6.83. The number of aromatic nitrogens is 1. The summed E-state index contributed by atoms with van der Waals surface area (Å²) in [5, 5.41) is 28.9. The summed E-state index contributed by atoms with van der Waals surface area (Å²) in [7, 11) is 0. The molecule has 1 aromatic carbocycles. The standard InChI is InChI=1S/C29H32F2N6O9/c1-10-15(22(28(43)44)37-21(10)16(11(2)38)26(37)40)9-46-29(45)34-33-20-17-23(19(31)24(18(20)30)35-6-5-12(32)7-35)36(13-3-4-13)8-14(25(17)39)27(41)42/h8,10-13,16,21,33,38H,3-7,9,32H2,1-2H3,(H,34,45)(H,41,42)(H,43,44)/t10-,11+,12-,16-,21+/m0/s1. The van der Waals surface area contributed by atoms with Crippen molar-refractivity contribution in [3.8, 4) is 0 Å². The third-order valence-electron chi connectivity index (χ3n) is 9.21. The molecule has 4 heterocycles. The highest BCUT2D eigenvalue weighted by Crippen LogP contribution is 2.47. The first-order valence-electron chi connectivity index (χ1n) is 14.7. The fourth-order valence-corrected chi connectivity index (χ4v) is 6.83. The van der Waals surface area contributed by atoms with E-state index < -0.39 is 93.9 Å². The molecule has 17 heteroatoms. The number of hydrogen-bond acceptors (Lipinski definition) is 10. The molecule has 1 saturated carbocycles. The van der Waals surface area contributed by atoms with Gasteiger partial charge in [0.2, 0.25) is 11.3 Å². The van der Waals surface area contributed by atoms with Crippen molar-refractivity contribution in [3.05, 3.63) is 44.9 Å². The number of hydrogen-bond donors (Lipinski definition) is 6. The lowest BCUT2D eigenvalue weighted by molar-refractivity contribution is -0.163. The number of anilines is 2. The van der Waals surface area contributed by atoms with Gasteiger partial charge in [-0.2, -0.15) is 0 Å². The van der Waals surface area contributed by atoms with Gasteiger partial charge in [0.25, 0.3) is 0 Å². The number of pyridine rings is 1. The molecule has 6 rings (SSSR count). The van der Waals surface area contributed by atoms with Crippen molar-refractivity contribution in [1.82, 2.24) is 14.9 Å². The molecule has 3 aliphatic heterocycles. The van der Waals surface area contributed by atoms with Crippen LogP contribution in [0.5, 0.6) is 0 Å². The van der Waals surface area contributed by atoms with Gasteiger partial charge < -0.3 is 40.2 Å². The fraction of sp³-hybridized carbons (Fsp3) is 0.483. The van der Waals surface area contributed by atoms with Gasteiger partial charge in [0, 0.05) is 42.9 Å². The Morgan fingerprint density at radius 2 is 1.83 bits per heavy atom. The van der Waals surface area contributed by atoms with Gasteiger partial charge in [-0.3, -0.25) is 15.0 Å². The predicted octanol–water partition coefficient (Wildman–Crippen LogP) is 1.10. The van der Waals surface area contributed by atoms with Crippen LogP contribution in [0.2, 0.25) is 0 Å². The lowest BCUT2D eigenvalue weighted by Crippen LogP contribution is -2.63. The molecule has 2 amide bonds. The zero-order valence-corrected chi connectivity index (χ0v) is 24.8. The minimum atomic E-state index is -1.61. The molecule has 5 atom stereocenters. The molecule has 2 aromatic rings. The number of β-lactam (4-membered cyclic amide) rings is 1. The highest BCUT2D eigenvalue weighted by molar-refractivity contribution is 6.01. The number of rotatable bonds is 9. The van der Waals surface area contributed by atoms with E-state index in [9.17, 15) is 39.3 Å². The molecular weight excluding hydrogens is 614 g/mol. The number of ether oxygens (including phenoxy) is 1. The molecule has 46 heavy (non-hydrogen) atoms. The second-order valence-corrected chi connectivity index (χ2v) is 12.1. The number of aliphatic carboxylic acids is 1. The van der Waals surface area contributed by atoms with Crippen LogP contribution in [0.25, 0.3) is 10.9 Å². The smallest absolute Gasteiger partial charge is 0.426 e. The Morgan fingerprint density at radius 3 is 2.39 bits per heavy atom. The van der Waals surface area contributed by atoms with E-state index in [4.69, 9.17) is 10.5 Å². The van der Waals surface area contributed by atoms with E-state index in [-0.39, 0.29) is 42.0 Å². The van der Waals surface area contributed by atoms with E-state index in [2.05, 4.69) is 10.9 Å². The number of carbonyl (C=O) groups excluding carboxylic acids is 2. The van der Waals surface area contributed by atoms with Gasteiger partial charge in [-0.15, -0.1) is 0 Å². The highest BCUT2D eigenvalue weighted by Gasteiger charge is 2.60. The largest absolute Gasteiger partial charge is 0.477 e. The molecule has 7 N–H and O–H groups in total. The van der Waals surface area contributed by atoms with Crippen LogP contribution in [0.1, 0.15) is 49.5 Å². The third kappa shape index (κ3) is 4.81. The van der Waals surface area contributed by atoms with Crippen LogP contribution < -0.4 is 26.9 Å². The first kappa shape index (κ1) is 31.2. The lowest BCUT2D eigenvalue weighted by atomic mass is 9.78. The second-order valence-electron chi connectivity index (χ2n) is 12.1. The third-order valence-corrected chi connectivity index (χ3v) is 9.21. The SMILES string of the molecule is C[C@@H](O)[C@@H]1C(=O)N2C(C(=O)O)=C(COC(=O)NNc3c(F)c(N4CC[C@H](N)C4)c(F)c4c3c(=O)c(C(=O)O)cn4C3CC3)[C@H](C)[C@H]12. The van der Waals surface area contributed by atoms with Crippen molar-refractivity contribution < 1.29 is 48.0 Å². The van der Waals surface area contributed by atoms with Crippen LogP contribution in [0, 0.1) is 23.5 Å². The van der Waals surface area contributed by atoms with Crippen molar-refractivity contribution in [2.24, 2.45) is 17.6 Å². The first-order chi connectivity index (χ1) is 21.7. The number of hydrazine groups is 1. The van der Waals surface area contributed by atoms with Crippen LogP contribution in [-0.4, -0.2) is 86.6 Å². The van der Waals surface area contributed by atoms with Gasteiger partial charge in [0.05, 0.1) is 29.0 Å². The van der Waals surface area contributed by atoms with Gasteiger partial charge in [-0.25, -0.2) is 28.6 Å². The molecule has 0 radical (unpaired) electrons. The number of nitrogens with zero attached hydrogens (tertiary/aromatic N) is 3. The zero-order valence-electron chi connectivity index (χ0n) is 24.8. The number of carboxylic acids is 2. The van der Waals surface area contributed by atoms with Gasteiger partial charge in [0.1, 0.15) is 29.2 Å². The summed E-state index contributed by atoms with van der Waals surface area (Å²) in [6, 6.07) is -1.36. The number of carboxylic acid groups (broad SMARTS) is 2. The Bertz CT molecular complexity index is 1790. The summed E-state index contributed by atoms with van der Waals surface area (Å²) in [5.41, 5.74) is 6.61. The molecule has 0 spiro atoms. The van der Waals surface area contributed by atoms with Crippen molar-refractivity contribution in [3.63, 3.8) is 0 Å². The molecule has 15 nitrogen and oxygen atoms in total. The summed E-state index contributed by atoms with van der Waals surface area (Å²) in [4.78, 5) is 65.1. The van der Waals surface area contributed by atoms with E-state index >= 15 is 8.78 Å². The summed E-state index contributed by atoms with van der Waals surface area (Å²) < 4.78 is 38.9. The summed E-state index contributed by atoms with van der Waals surface area (Å²) in [5.74, 6) is -7.38. The molecule has 246 valence electrons. The predicted molar refractivity (Wildman–Crippen MR) is 156 cm³/mol. The Morgan fingerprint density at radius 1 is 1.13 bits per heavy atom. The van der Waals surface area contributed by atoms with Crippen molar-refractivity contribution in [1.29, 1.82) is 0 Å². The zero-order chi connectivity index (χ0) is 33.4. The van der Waals surface area contributed by atoms with Gasteiger partial charge >= 0.3 is 18.0 Å². The number of fused-ring (bicyclic) bond motifs is 2. The molecular formula is C29H32F2N6O9. The minimum Gasteiger partial charge on any atom is -0.477 e. The van der Waals surface area contributed by atoms with E-state index in [1.54, 1.807) is 6.92 Å². The average Bonchev–Trinajstić information content (AvgIpc) is 3.69. The molecule has 0 bridgehead atoms. The van der Waals surface area contributed by atoms with Crippen LogP contribution >= 0.6 is 0 Å². The van der Waals surface area contributed by atoms with E-state index in [0.717, 1.165) is 11.1 Å². The number of aromatic carboxylic acids is 1. The number of aliphatic hydroxyl groups excluding tert-OH is 1. The number of amides is 2. The van der Waals surface area contributed by atoms with Crippen LogP contribution in [-0.2, 0) is 14.3 Å². The highest BCUT2D eigenvalue weighted by atomic mass is 19.1. The quantitative estimate of drug-likeness (QED) is 0.167. The summed E-state index contributed by atoms with van der Waals surface area (Å²) >= 11 is 0. The van der Waals surface area contributed by atoms with Crippen molar-refractivity contribution >= 4 is 46.2 Å². The number of halogens is 2. The molecule has 0 unspecified atom stereocenters. The van der Waals surface area contributed by atoms with Gasteiger partial charge in [-0.05, 0) is 26.2 Å². The Labute approximate surface area is 259 Å². The van der Waals surface area contributed by atoms with Gasteiger partial charge in [-0.1, -0.05) is 6.92 Å². The Hall–Kier alpha value is -4.77. The Balaban J connectivity index is 1.33. The lowest BCUT2D eigenvalue weighted by Gasteiger charge is -2.46. The average molecular weight is 647 g/mol. The summed E-state index contributed by atoms with van der Waals surface area (Å²) in [6.45, 7) is 2.75. The number of nitrogens with one attached hydrogen (secondary N) is 2. The molecule has 4 aliphatic rings. The van der Waals surface area contributed by atoms with E-state index in [0.29, 0.717) is 19.3 Å². The van der Waals surface area contributed by atoms with Crippen LogP contribution in [0.3, 0.4) is 0 Å². The second kappa shape index (κ2) is 11.2. The number of benzene rings is 1. The van der Waals surface area contributed by atoms with Gasteiger partial charge in [0.15, 0.2) is 11.6 Å². The topological polar surface area (TPSA) is 217 Å². The van der Waals surface area contributed by atoms with E-state index in [1.807, 2.05) is 0 Å². The van der Waals surface area contributed by atoms with Crippen molar-refractivity contribution in [2.45, 2.75) is 57.3 Å². The maximum Gasteiger partial charge on any atom is 0.426 e. The molecule has 1 aromatic heterocycles. The summed E-state index contributed by atoms with van der Waals surface area (Å²) in [6.07, 6.45) is 0.316.